The number of sulfonamides is 1. The molecule has 0 saturated carbocycles. The molecule has 2 aromatic heterocycles. The van der Waals surface area contributed by atoms with Gasteiger partial charge in [0.2, 0.25) is 16.0 Å². The number of H-pyrrole nitrogens is 1. The first-order valence-electron chi connectivity index (χ1n) is 16.0. The van der Waals surface area contributed by atoms with Crippen LogP contribution < -0.4 is 19.8 Å². The van der Waals surface area contributed by atoms with E-state index >= 15 is 4.39 Å². The Balaban J connectivity index is 1.11. The molecule has 0 spiro atoms. The fourth-order valence-corrected chi connectivity index (χ4v) is 8.32. The second-order valence-electron chi connectivity index (χ2n) is 13.0. The molecule has 4 aromatic rings. The molecule has 0 radical (unpaired) electrons. The van der Waals surface area contributed by atoms with Gasteiger partial charge in [-0.3, -0.25) is 9.21 Å². The summed E-state index contributed by atoms with van der Waals surface area (Å²) >= 11 is 0. The SMILES string of the molecule is C[C@@H]1CN(c2ccc(Nc3nc(Nc4cccc5c4N(S(C)(=O)=O)CC5)c4cc[nH]c4n3)cc2F)[C@@H](C)CN1C1CCN(C)CC1. The van der Waals surface area contributed by atoms with Gasteiger partial charge in [0, 0.05) is 49.6 Å². The van der Waals surface area contributed by atoms with Crippen LogP contribution in [0.2, 0.25) is 0 Å². The summed E-state index contributed by atoms with van der Waals surface area (Å²) in [6.45, 7) is 8.79. The highest BCUT2D eigenvalue weighted by Gasteiger charge is 2.35. The van der Waals surface area contributed by atoms with Gasteiger partial charge in [-0.1, -0.05) is 12.1 Å². The van der Waals surface area contributed by atoms with Crippen molar-refractivity contribution in [2.24, 2.45) is 0 Å². The van der Waals surface area contributed by atoms with Crippen molar-refractivity contribution < 1.29 is 12.8 Å². The minimum atomic E-state index is -3.44. The van der Waals surface area contributed by atoms with Crippen LogP contribution in [0.3, 0.4) is 0 Å². The molecular weight excluding hydrogens is 605 g/mol. The molecule has 11 nitrogen and oxygen atoms in total. The molecule has 0 amide bonds. The van der Waals surface area contributed by atoms with E-state index in [9.17, 15) is 8.42 Å². The Kier molecular flexibility index (Phi) is 8.02. The number of piperidine rings is 1. The summed E-state index contributed by atoms with van der Waals surface area (Å²) in [5, 5.41) is 7.29. The maximum Gasteiger partial charge on any atom is 0.232 e. The van der Waals surface area contributed by atoms with E-state index < -0.39 is 10.0 Å². The van der Waals surface area contributed by atoms with E-state index in [1.165, 1.54) is 29.5 Å². The van der Waals surface area contributed by atoms with Crippen LogP contribution in [0.1, 0.15) is 32.3 Å². The third-order valence-electron chi connectivity index (χ3n) is 9.73. The second-order valence-corrected chi connectivity index (χ2v) is 14.9. The summed E-state index contributed by atoms with van der Waals surface area (Å²) in [4.78, 5) is 19.7. The number of nitrogens with zero attached hydrogens (tertiary/aromatic N) is 6. The molecule has 0 bridgehead atoms. The number of hydrogen-bond donors (Lipinski definition) is 3. The summed E-state index contributed by atoms with van der Waals surface area (Å²) < 4.78 is 42.2. The zero-order valence-electron chi connectivity index (χ0n) is 26.8. The van der Waals surface area contributed by atoms with E-state index in [4.69, 9.17) is 4.98 Å². The lowest BCUT2D eigenvalue weighted by atomic mass is 9.98. The molecular formula is C33H42FN9O2S. The number of benzene rings is 2. The maximum atomic E-state index is 15.7. The van der Waals surface area contributed by atoms with Gasteiger partial charge in [0.1, 0.15) is 17.3 Å². The van der Waals surface area contributed by atoms with E-state index in [0.717, 1.165) is 37.1 Å². The number of para-hydroxylation sites is 1. The van der Waals surface area contributed by atoms with E-state index in [1.807, 2.05) is 36.4 Å². The predicted octanol–water partition coefficient (Wildman–Crippen LogP) is 4.90. The van der Waals surface area contributed by atoms with Gasteiger partial charge >= 0.3 is 0 Å². The van der Waals surface area contributed by atoms with Gasteiger partial charge in [-0.05, 0) is 89.1 Å². The Morgan fingerprint density at radius 3 is 2.54 bits per heavy atom. The lowest BCUT2D eigenvalue weighted by Gasteiger charge is -2.49. The quantitative estimate of drug-likeness (QED) is 0.258. The Morgan fingerprint density at radius 2 is 1.78 bits per heavy atom. The van der Waals surface area contributed by atoms with E-state index in [2.05, 4.69) is 56.2 Å². The molecule has 46 heavy (non-hydrogen) atoms. The van der Waals surface area contributed by atoms with Crippen molar-refractivity contribution in [1.82, 2.24) is 24.8 Å². The van der Waals surface area contributed by atoms with Crippen LogP contribution in [-0.4, -0.2) is 97.3 Å². The number of hydrogen-bond acceptors (Lipinski definition) is 9. The van der Waals surface area contributed by atoms with Crippen LogP contribution in [-0.2, 0) is 16.4 Å². The van der Waals surface area contributed by atoms with Crippen LogP contribution >= 0.6 is 0 Å². The first-order valence-corrected chi connectivity index (χ1v) is 17.9. The van der Waals surface area contributed by atoms with Gasteiger partial charge in [0.15, 0.2) is 0 Å². The first-order chi connectivity index (χ1) is 22.0. The van der Waals surface area contributed by atoms with E-state index in [1.54, 1.807) is 6.20 Å². The molecule has 2 atom stereocenters. The number of halogens is 1. The molecule has 244 valence electrons. The molecule has 3 aliphatic rings. The molecule has 7 rings (SSSR count). The summed E-state index contributed by atoms with van der Waals surface area (Å²) in [6, 6.07) is 13.9. The van der Waals surface area contributed by atoms with Crippen LogP contribution in [0.25, 0.3) is 11.0 Å². The van der Waals surface area contributed by atoms with Crippen molar-refractivity contribution in [3.63, 3.8) is 0 Å². The Hall–Kier alpha value is -3.94. The maximum absolute atomic E-state index is 15.7. The third-order valence-corrected chi connectivity index (χ3v) is 10.9. The molecule has 2 saturated heterocycles. The molecule has 5 heterocycles. The fourth-order valence-electron chi connectivity index (χ4n) is 7.34. The van der Waals surface area contributed by atoms with Crippen molar-refractivity contribution in [2.45, 2.75) is 51.2 Å². The molecule has 3 N–H and O–H groups in total. The van der Waals surface area contributed by atoms with Gasteiger partial charge in [0.05, 0.1) is 28.7 Å². The van der Waals surface area contributed by atoms with Gasteiger partial charge in [0.25, 0.3) is 0 Å². The average Bonchev–Trinajstić information content (AvgIpc) is 3.67. The zero-order chi connectivity index (χ0) is 32.2. The van der Waals surface area contributed by atoms with Crippen LogP contribution in [0.15, 0.2) is 48.7 Å². The lowest BCUT2D eigenvalue weighted by Crippen LogP contribution is -2.60. The molecule has 2 aromatic carbocycles. The highest BCUT2D eigenvalue weighted by molar-refractivity contribution is 7.92. The number of rotatable bonds is 7. The average molecular weight is 648 g/mol. The molecule has 0 aliphatic carbocycles. The number of fused-ring (bicyclic) bond motifs is 2. The van der Waals surface area contributed by atoms with Crippen molar-refractivity contribution in [3.8, 4) is 0 Å². The topological polar surface area (TPSA) is 113 Å². The van der Waals surface area contributed by atoms with Gasteiger partial charge in [-0.2, -0.15) is 9.97 Å². The van der Waals surface area contributed by atoms with E-state index in [-0.39, 0.29) is 17.8 Å². The summed E-state index contributed by atoms with van der Waals surface area (Å²) in [5.41, 5.74) is 3.96. The van der Waals surface area contributed by atoms with Gasteiger partial charge in [-0.25, -0.2) is 12.8 Å². The first kappa shape index (κ1) is 30.7. The molecule has 3 aliphatic heterocycles. The highest BCUT2D eigenvalue weighted by atomic mass is 32.2. The molecule has 2 fully saturated rings. The minimum absolute atomic E-state index is 0.189. The van der Waals surface area contributed by atoms with E-state index in [0.29, 0.717) is 59.3 Å². The number of aromatic amines is 1. The van der Waals surface area contributed by atoms with Crippen LogP contribution in [0.5, 0.6) is 0 Å². The molecule has 0 unspecified atom stereocenters. The summed E-state index contributed by atoms with van der Waals surface area (Å²) in [5.74, 6) is 0.493. The fraction of sp³-hybridized carbons (Fsp3) is 0.455. The largest absolute Gasteiger partial charge is 0.364 e. The number of likely N-dealkylation sites (tertiary alicyclic amines) is 1. The summed E-state index contributed by atoms with van der Waals surface area (Å²) in [7, 11) is -1.26. The second kappa shape index (κ2) is 12.0. The standard InChI is InChI=1S/C33H42FN9O2S/c1-21-20-42(22(2)19-41(21)25-12-15-40(3)16-13-25)29-9-8-24(18-27(29)34)36-33-38-31-26(10-14-35-31)32(39-33)37-28-7-5-6-23-11-17-43(30(23)28)46(4,44)45/h5-10,14,18,21-22,25H,11-13,15-17,19-20H2,1-4H3,(H3,35,36,37,38,39)/t21-,22+/m1/s1. The summed E-state index contributed by atoms with van der Waals surface area (Å²) in [6.07, 6.45) is 6.00. The van der Waals surface area contributed by atoms with Crippen molar-refractivity contribution in [2.75, 3.05) is 65.9 Å². The monoisotopic (exact) mass is 647 g/mol. The smallest absolute Gasteiger partial charge is 0.232 e. The third kappa shape index (κ3) is 5.87. The lowest BCUT2D eigenvalue weighted by molar-refractivity contribution is 0.0674. The van der Waals surface area contributed by atoms with Gasteiger partial charge in [-0.15, -0.1) is 0 Å². The van der Waals surface area contributed by atoms with Crippen molar-refractivity contribution in [3.05, 3.63) is 60.0 Å². The minimum Gasteiger partial charge on any atom is -0.364 e. The Bertz CT molecular complexity index is 1860. The van der Waals surface area contributed by atoms with Crippen molar-refractivity contribution >= 4 is 55.6 Å². The van der Waals surface area contributed by atoms with Crippen LogP contribution in [0, 0.1) is 5.82 Å². The van der Waals surface area contributed by atoms with Gasteiger partial charge < -0.3 is 25.4 Å². The number of anilines is 6. The predicted molar refractivity (Wildman–Crippen MR) is 183 cm³/mol. The normalized spacial score (nSPS) is 21.6. The Labute approximate surface area is 269 Å². The number of aromatic nitrogens is 3. The number of piperazine rings is 1. The Morgan fingerprint density at radius 1 is 0.978 bits per heavy atom. The number of nitrogens with one attached hydrogen (secondary N) is 3. The van der Waals surface area contributed by atoms with Crippen molar-refractivity contribution in [1.29, 1.82) is 0 Å². The molecule has 13 heteroatoms. The zero-order valence-corrected chi connectivity index (χ0v) is 27.6. The van der Waals surface area contributed by atoms with Crippen LogP contribution in [0.4, 0.5) is 38.9 Å². The highest BCUT2D eigenvalue weighted by Crippen LogP contribution is 2.39.